The number of nitrogens with zero attached hydrogens (tertiary/aromatic N) is 2. The van der Waals surface area contributed by atoms with Gasteiger partial charge in [-0.3, -0.25) is 9.69 Å². The van der Waals surface area contributed by atoms with Crippen LogP contribution in [0.25, 0.3) is 0 Å². The summed E-state index contributed by atoms with van der Waals surface area (Å²) in [4.78, 5) is 16.9. The zero-order valence-corrected chi connectivity index (χ0v) is 9.21. The molecule has 0 unspecified atom stereocenters. The molecule has 0 saturated heterocycles. The predicted octanol–water partition coefficient (Wildman–Crippen LogP) is 2.22. The number of rotatable bonds is 2. The van der Waals surface area contributed by atoms with Gasteiger partial charge >= 0.3 is 0 Å². The lowest BCUT2D eigenvalue weighted by atomic mass is 10.4. The van der Waals surface area contributed by atoms with E-state index in [2.05, 4.69) is 20.9 Å². The molecular formula is C9H11BrN2O. The number of halogens is 1. The van der Waals surface area contributed by atoms with E-state index in [4.69, 9.17) is 0 Å². The van der Waals surface area contributed by atoms with Crippen molar-refractivity contribution in [2.75, 3.05) is 11.9 Å². The largest absolute Gasteiger partial charge is 0.300 e. The van der Waals surface area contributed by atoms with Crippen LogP contribution in [0.1, 0.15) is 13.3 Å². The van der Waals surface area contributed by atoms with Crippen molar-refractivity contribution in [2.45, 2.75) is 13.3 Å². The van der Waals surface area contributed by atoms with Gasteiger partial charge in [0.1, 0.15) is 5.82 Å². The third-order valence-corrected chi connectivity index (χ3v) is 2.20. The van der Waals surface area contributed by atoms with Crippen molar-refractivity contribution in [3.05, 3.63) is 22.8 Å². The molecule has 1 aromatic heterocycles. The van der Waals surface area contributed by atoms with Gasteiger partial charge in [0, 0.05) is 24.1 Å². The summed E-state index contributed by atoms with van der Waals surface area (Å²) in [7, 11) is 1.72. The summed E-state index contributed by atoms with van der Waals surface area (Å²) in [6.45, 7) is 1.83. The van der Waals surface area contributed by atoms with Crippen LogP contribution in [0, 0.1) is 0 Å². The number of anilines is 1. The van der Waals surface area contributed by atoms with Crippen molar-refractivity contribution in [3.63, 3.8) is 0 Å². The van der Waals surface area contributed by atoms with Crippen molar-refractivity contribution < 1.29 is 4.79 Å². The Morgan fingerprint density at radius 3 is 2.77 bits per heavy atom. The minimum atomic E-state index is 0.0647. The van der Waals surface area contributed by atoms with Crippen LogP contribution in [0.5, 0.6) is 0 Å². The van der Waals surface area contributed by atoms with Crippen molar-refractivity contribution in [2.24, 2.45) is 0 Å². The highest BCUT2D eigenvalue weighted by molar-refractivity contribution is 9.10. The fraction of sp³-hybridized carbons (Fsp3) is 0.333. The maximum absolute atomic E-state index is 11.3. The van der Waals surface area contributed by atoms with E-state index in [0.29, 0.717) is 12.2 Å². The lowest BCUT2D eigenvalue weighted by molar-refractivity contribution is -0.118. The molecule has 0 bridgehead atoms. The minimum absolute atomic E-state index is 0.0647. The van der Waals surface area contributed by atoms with E-state index in [0.717, 1.165) is 4.47 Å². The summed E-state index contributed by atoms with van der Waals surface area (Å²) >= 11 is 3.28. The zero-order chi connectivity index (χ0) is 9.84. The molecule has 1 aromatic rings. The summed E-state index contributed by atoms with van der Waals surface area (Å²) in [5.74, 6) is 0.741. The van der Waals surface area contributed by atoms with E-state index in [-0.39, 0.29) is 5.91 Å². The first-order valence-electron chi connectivity index (χ1n) is 4.03. The predicted molar refractivity (Wildman–Crippen MR) is 55.6 cm³/mol. The number of hydrogen-bond donors (Lipinski definition) is 0. The van der Waals surface area contributed by atoms with Gasteiger partial charge in [0.25, 0.3) is 0 Å². The highest BCUT2D eigenvalue weighted by Crippen LogP contribution is 2.13. The number of aromatic nitrogens is 1. The summed E-state index contributed by atoms with van der Waals surface area (Å²) in [6.07, 6.45) is 2.17. The van der Waals surface area contributed by atoms with Crippen LogP contribution in [0.2, 0.25) is 0 Å². The van der Waals surface area contributed by atoms with Gasteiger partial charge in [-0.05, 0) is 28.1 Å². The second-order valence-electron chi connectivity index (χ2n) is 2.64. The van der Waals surface area contributed by atoms with E-state index in [1.54, 1.807) is 24.2 Å². The smallest absolute Gasteiger partial charge is 0.227 e. The molecule has 0 saturated carbocycles. The standard InChI is InChI=1S/C9H11BrN2O/c1-3-9(13)12(2)8-5-4-7(10)6-11-8/h4-6H,3H2,1-2H3. The van der Waals surface area contributed by atoms with Crippen LogP contribution in [0.4, 0.5) is 5.82 Å². The van der Waals surface area contributed by atoms with Crippen LogP contribution in [-0.2, 0) is 4.79 Å². The Bertz CT molecular complexity index is 297. The number of carbonyl (C=O) groups excluding carboxylic acids is 1. The molecule has 0 aliphatic heterocycles. The maximum Gasteiger partial charge on any atom is 0.227 e. The Kier molecular flexibility index (Phi) is 3.42. The van der Waals surface area contributed by atoms with Crippen molar-refractivity contribution in [1.29, 1.82) is 0 Å². The number of amides is 1. The Morgan fingerprint density at radius 2 is 2.31 bits per heavy atom. The van der Waals surface area contributed by atoms with E-state index in [1.807, 2.05) is 13.0 Å². The fourth-order valence-corrected chi connectivity index (χ4v) is 1.17. The molecule has 0 radical (unpaired) electrons. The second-order valence-corrected chi connectivity index (χ2v) is 3.56. The first-order valence-corrected chi connectivity index (χ1v) is 4.82. The Labute approximate surface area is 85.9 Å². The van der Waals surface area contributed by atoms with E-state index >= 15 is 0 Å². The van der Waals surface area contributed by atoms with Crippen LogP contribution < -0.4 is 4.90 Å². The first-order chi connectivity index (χ1) is 6.15. The summed E-state index contributed by atoms with van der Waals surface area (Å²) < 4.78 is 0.911. The lowest BCUT2D eigenvalue weighted by Gasteiger charge is -2.14. The lowest BCUT2D eigenvalue weighted by Crippen LogP contribution is -2.25. The van der Waals surface area contributed by atoms with Crippen LogP contribution in [0.3, 0.4) is 0 Å². The van der Waals surface area contributed by atoms with Crippen LogP contribution in [-0.4, -0.2) is 17.9 Å². The van der Waals surface area contributed by atoms with Crippen LogP contribution >= 0.6 is 15.9 Å². The molecule has 1 heterocycles. The molecule has 0 atom stereocenters. The molecule has 70 valence electrons. The van der Waals surface area contributed by atoms with Crippen LogP contribution in [0.15, 0.2) is 22.8 Å². The summed E-state index contributed by atoms with van der Waals surface area (Å²) in [5, 5.41) is 0. The minimum Gasteiger partial charge on any atom is -0.300 e. The molecule has 13 heavy (non-hydrogen) atoms. The molecule has 0 aromatic carbocycles. The van der Waals surface area contributed by atoms with E-state index in [1.165, 1.54) is 0 Å². The molecule has 0 N–H and O–H groups in total. The summed E-state index contributed by atoms with van der Waals surface area (Å²) in [5.41, 5.74) is 0. The fourth-order valence-electron chi connectivity index (χ4n) is 0.931. The highest BCUT2D eigenvalue weighted by atomic mass is 79.9. The molecule has 0 fully saturated rings. The van der Waals surface area contributed by atoms with E-state index < -0.39 is 0 Å². The molecule has 0 spiro atoms. The first kappa shape index (κ1) is 10.2. The van der Waals surface area contributed by atoms with E-state index in [9.17, 15) is 4.79 Å². The topological polar surface area (TPSA) is 33.2 Å². The van der Waals surface area contributed by atoms with Gasteiger partial charge < -0.3 is 0 Å². The van der Waals surface area contributed by atoms with Gasteiger partial charge in [0.05, 0.1) is 0 Å². The van der Waals surface area contributed by atoms with Gasteiger partial charge in [-0.15, -0.1) is 0 Å². The third-order valence-electron chi connectivity index (χ3n) is 1.73. The third kappa shape index (κ3) is 2.52. The second kappa shape index (κ2) is 4.37. The SMILES string of the molecule is CCC(=O)N(C)c1ccc(Br)cn1. The van der Waals surface area contributed by atoms with Crippen molar-refractivity contribution in [3.8, 4) is 0 Å². The zero-order valence-electron chi connectivity index (χ0n) is 7.62. The number of pyridine rings is 1. The van der Waals surface area contributed by atoms with Crippen molar-refractivity contribution >= 4 is 27.7 Å². The highest BCUT2D eigenvalue weighted by Gasteiger charge is 2.08. The quantitative estimate of drug-likeness (QED) is 0.797. The Balaban J connectivity index is 2.83. The van der Waals surface area contributed by atoms with Gasteiger partial charge in [-0.1, -0.05) is 6.92 Å². The molecule has 3 nitrogen and oxygen atoms in total. The average molecular weight is 243 g/mol. The molecule has 1 rings (SSSR count). The van der Waals surface area contributed by atoms with Gasteiger partial charge in [-0.2, -0.15) is 0 Å². The summed E-state index contributed by atoms with van der Waals surface area (Å²) in [6, 6.07) is 3.67. The monoisotopic (exact) mass is 242 g/mol. The number of carbonyl (C=O) groups is 1. The Hall–Kier alpha value is -0.900. The average Bonchev–Trinajstić information content (AvgIpc) is 2.17. The normalized spacial score (nSPS) is 9.77. The molecule has 1 amide bonds. The van der Waals surface area contributed by atoms with Gasteiger partial charge in [-0.25, -0.2) is 4.98 Å². The Morgan fingerprint density at radius 1 is 1.62 bits per heavy atom. The van der Waals surface area contributed by atoms with Gasteiger partial charge in [0.2, 0.25) is 5.91 Å². The molecular weight excluding hydrogens is 232 g/mol. The molecule has 4 heteroatoms. The molecule has 0 aliphatic carbocycles. The molecule has 0 aliphatic rings. The van der Waals surface area contributed by atoms with Crippen molar-refractivity contribution in [1.82, 2.24) is 4.98 Å². The maximum atomic E-state index is 11.3. The van der Waals surface area contributed by atoms with Gasteiger partial charge in [0.15, 0.2) is 0 Å². The number of hydrogen-bond acceptors (Lipinski definition) is 2.